The minimum atomic E-state index is -0.367. The van der Waals surface area contributed by atoms with Crippen molar-refractivity contribution >= 4 is 45.7 Å². The van der Waals surface area contributed by atoms with Crippen molar-refractivity contribution in [3.63, 3.8) is 0 Å². The fraction of sp³-hybridized carbons (Fsp3) is 0.308. The summed E-state index contributed by atoms with van der Waals surface area (Å²) in [5, 5.41) is 3.51. The molecule has 0 aromatic carbocycles. The number of aromatic nitrogens is 4. The first-order valence-corrected chi connectivity index (χ1v) is 7.82. The zero-order valence-electron chi connectivity index (χ0n) is 11.0. The Hall–Kier alpha value is -1.17. The largest absolute Gasteiger partial charge is 0.299 e. The first-order chi connectivity index (χ1) is 9.54. The van der Waals surface area contributed by atoms with Crippen LogP contribution in [0.4, 0.5) is 0 Å². The van der Waals surface area contributed by atoms with E-state index in [9.17, 15) is 0 Å². The Morgan fingerprint density at radius 1 is 1.35 bits per heavy atom. The van der Waals surface area contributed by atoms with Gasteiger partial charge < -0.3 is 0 Å². The molecule has 3 aromatic rings. The number of imidazole rings is 1. The molecular formula is C13H12Cl2N4S. The van der Waals surface area contributed by atoms with E-state index in [0.29, 0.717) is 10.9 Å². The third-order valence-electron chi connectivity index (χ3n) is 3.17. The van der Waals surface area contributed by atoms with E-state index >= 15 is 0 Å². The Balaban J connectivity index is 2.29. The quantitative estimate of drug-likeness (QED) is 0.681. The topological polar surface area (TPSA) is 43.6 Å². The SMILES string of the molecule is CC(C)(c1nccs1)n1c(CCl)nc2cc(Cl)cnc21. The number of nitrogens with zero attached hydrogens (tertiary/aromatic N) is 4. The van der Waals surface area contributed by atoms with Crippen LogP contribution in [0.5, 0.6) is 0 Å². The first kappa shape index (κ1) is 13.8. The number of hydrogen-bond donors (Lipinski definition) is 0. The molecule has 0 aliphatic heterocycles. The highest BCUT2D eigenvalue weighted by Gasteiger charge is 2.30. The van der Waals surface area contributed by atoms with Crippen LogP contribution in [0, 0.1) is 0 Å². The van der Waals surface area contributed by atoms with Crippen LogP contribution in [0.25, 0.3) is 11.2 Å². The van der Waals surface area contributed by atoms with E-state index in [2.05, 4.69) is 28.8 Å². The van der Waals surface area contributed by atoms with Gasteiger partial charge in [-0.15, -0.1) is 22.9 Å². The summed E-state index contributed by atoms with van der Waals surface area (Å²) in [4.78, 5) is 13.4. The zero-order valence-corrected chi connectivity index (χ0v) is 13.3. The molecule has 0 N–H and O–H groups in total. The highest BCUT2D eigenvalue weighted by atomic mass is 35.5. The molecule has 104 valence electrons. The highest BCUT2D eigenvalue weighted by molar-refractivity contribution is 7.09. The lowest BCUT2D eigenvalue weighted by Crippen LogP contribution is -2.29. The van der Waals surface area contributed by atoms with E-state index in [1.807, 2.05) is 9.95 Å². The molecule has 0 radical (unpaired) electrons. The molecule has 3 heterocycles. The van der Waals surface area contributed by atoms with E-state index in [0.717, 1.165) is 22.0 Å². The van der Waals surface area contributed by atoms with Crippen LogP contribution in [0.3, 0.4) is 0 Å². The lowest BCUT2D eigenvalue weighted by molar-refractivity contribution is 0.432. The molecule has 3 aromatic heterocycles. The van der Waals surface area contributed by atoms with Gasteiger partial charge in [-0.3, -0.25) is 4.57 Å². The number of rotatable bonds is 3. The fourth-order valence-electron chi connectivity index (χ4n) is 2.29. The van der Waals surface area contributed by atoms with Crippen molar-refractivity contribution in [1.82, 2.24) is 19.5 Å². The average molecular weight is 327 g/mol. The summed E-state index contributed by atoms with van der Waals surface area (Å²) in [7, 11) is 0. The summed E-state index contributed by atoms with van der Waals surface area (Å²) in [5.74, 6) is 1.07. The van der Waals surface area contributed by atoms with Gasteiger partial charge in [0.2, 0.25) is 0 Å². The zero-order chi connectivity index (χ0) is 14.3. The fourth-order valence-corrected chi connectivity index (χ4v) is 3.37. The Labute approximate surface area is 130 Å². The molecule has 0 amide bonds. The normalized spacial score (nSPS) is 12.2. The van der Waals surface area contributed by atoms with Gasteiger partial charge in [-0.1, -0.05) is 11.6 Å². The molecule has 0 aliphatic rings. The van der Waals surface area contributed by atoms with Gasteiger partial charge in [-0.25, -0.2) is 15.0 Å². The van der Waals surface area contributed by atoms with Gasteiger partial charge in [0.1, 0.15) is 16.3 Å². The molecule has 0 saturated heterocycles. The first-order valence-electron chi connectivity index (χ1n) is 6.03. The molecule has 0 fully saturated rings. The Morgan fingerprint density at radius 3 is 2.80 bits per heavy atom. The lowest BCUT2D eigenvalue weighted by atomic mass is 10.1. The highest BCUT2D eigenvalue weighted by Crippen LogP contribution is 2.32. The number of alkyl halides is 1. The molecule has 0 aliphatic carbocycles. The number of hydrogen-bond acceptors (Lipinski definition) is 4. The van der Waals surface area contributed by atoms with Gasteiger partial charge in [0.15, 0.2) is 5.65 Å². The number of thiazole rings is 1. The second-order valence-electron chi connectivity index (χ2n) is 4.89. The number of halogens is 2. The maximum atomic E-state index is 6.05. The van der Waals surface area contributed by atoms with Crippen LogP contribution in [0.1, 0.15) is 24.7 Å². The minimum Gasteiger partial charge on any atom is -0.299 e. The van der Waals surface area contributed by atoms with Crippen LogP contribution < -0.4 is 0 Å². The number of fused-ring (bicyclic) bond motifs is 1. The van der Waals surface area contributed by atoms with Gasteiger partial charge in [0, 0.05) is 17.8 Å². The molecule has 0 unspecified atom stereocenters. The summed E-state index contributed by atoms with van der Waals surface area (Å²) in [6.45, 7) is 4.17. The summed E-state index contributed by atoms with van der Waals surface area (Å²) in [5.41, 5.74) is 1.15. The van der Waals surface area contributed by atoms with Gasteiger partial charge in [-0.05, 0) is 19.9 Å². The summed E-state index contributed by atoms with van der Waals surface area (Å²) in [6.07, 6.45) is 3.42. The molecule has 3 rings (SSSR count). The van der Waals surface area contributed by atoms with Crippen molar-refractivity contribution in [2.75, 3.05) is 0 Å². The average Bonchev–Trinajstić information content (AvgIpc) is 3.05. The predicted octanol–water partition coefficient (Wildman–Crippen LogP) is 4.06. The number of pyridine rings is 1. The van der Waals surface area contributed by atoms with Crippen LogP contribution in [-0.2, 0) is 11.4 Å². The van der Waals surface area contributed by atoms with Gasteiger partial charge >= 0.3 is 0 Å². The molecule has 4 nitrogen and oxygen atoms in total. The van der Waals surface area contributed by atoms with Crippen LogP contribution in [0.15, 0.2) is 23.8 Å². The van der Waals surface area contributed by atoms with E-state index in [4.69, 9.17) is 23.2 Å². The second-order valence-corrected chi connectivity index (χ2v) is 6.49. The maximum absolute atomic E-state index is 6.05. The predicted molar refractivity (Wildman–Crippen MR) is 82.6 cm³/mol. The van der Waals surface area contributed by atoms with Crippen molar-refractivity contribution in [2.45, 2.75) is 25.3 Å². The van der Waals surface area contributed by atoms with Crippen LogP contribution >= 0.6 is 34.5 Å². The summed E-state index contributed by atoms with van der Waals surface area (Å²) in [6, 6.07) is 1.80. The summed E-state index contributed by atoms with van der Waals surface area (Å²) >= 11 is 13.6. The van der Waals surface area contributed by atoms with E-state index < -0.39 is 0 Å². The molecule has 20 heavy (non-hydrogen) atoms. The Bertz CT molecular complexity index is 749. The molecular weight excluding hydrogens is 315 g/mol. The van der Waals surface area contributed by atoms with Crippen LogP contribution in [-0.4, -0.2) is 19.5 Å². The molecule has 0 atom stereocenters. The smallest absolute Gasteiger partial charge is 0.160 e. The molecule has 0 bridgehead atoms. The lowest BCUT2D eigenvalue weighted by Gasteiger charge is -2.26. The van der Waals surface area contributed by atoms with E-state index in [1.54, 1.807) is 29.8 Å². The van der Waals surface area contributed by atoms with E-state index in [1.165, 1.54) is 0 Å². The van der Waals surface area contributed by atoms with Crippen molar-refractivity contribution < 1.29 is 0 Å². The molecule has 0 saturated carbocycles. The van der Waals surface area contributed by atoms with Crippen molar-refractivity contribution in [3.05, 3.63) is 39.7 Å². The van der Waals surface area contributed by atoms with Gasteiger partial charge in [0.25, 0.3) is 0 Å². The monoisotopic (exact) mass is 326 g/mol. The van der Waals surface area contributed by atoms with E-state index in [-0.39, 0.29) is 5.54 Å². The summed E-state index contributed by atoms with van der Waals surface area (Å²) < 4.78 is 2.03. The van der Waals surface area contributed by atoms with Crippen molar-refractivity contribution in [3.8, 4) is 0 Å². The minimum absolute atomic E-state index is 0.308. The van der Waals surface area contributed by atoms with Crippen LogP contribution in [0.2, 0.25) is 5.02 Å². The Kier molecular flexibility index (Phi) is 3.44. The maximum Gasteiger partial charge on any atom is 0.160 e. The standard InChI is InChI=1S/C13H12Cl2N4S/c1-13(2,12-16-3-4-20-12)19-10(6-14)18-9-5-8(15)7-17-11(9)19/h3-5,7H,6H2,1-2H3. The second kappa shape index (κ2) is 4.98. The molecule has 7 heteroatoms. The van der Waals surface area contributed by atoms with Gasteiger partial charge in [-0.2, -0.15) is 0 Å². The third kappa shape index (κ3) is 2.10. The van der Waals surface area contributed by atoms with Crippen molar-refractivity contribution in [2.24, 2.45) is 0 Å². The van der Waals surface area contributed by atoms with Crippen molar-refractivity contribution in [1.29, 1.82) is 0 Å². The molecule has 0 spiro atoms. The Morgan fingerprint density at radius 2 is 2.15 bits per heavy atom. The van der Waals surface area contributed by atoms with Gasteiger partial charge in [0.05, 0.1) is 16.4 Å². The third-order valence-corrected chi connectivity index (χ3v) is 4.70.